The van der Waals surface area contributed by atoms with Crippen LogP contribution in [0.5, 0.6) is 5.75 Å². The second kappa shape index (κ2) is 14.0. The van der Waals surface area contributed by atoms with Gasteiger partial charge < -0.3 is 20.6 Å². The van der Waals surface area contributed by atoms with Crippen LogP contribution in [0.3, 0.4) is 0 Å². The molecule has 3 saturated carbocycles. The van der Waals surface area contributed by atoms with E-state index < -0.39 is 16.4 Å². The number of aromatic hydroxyl groups is 1. The lowest BCUT2D eigenvalue weighted by Gasteiger charge is -2.58. The van der Waals surface area contributed by atoms with Gasteiger partial charge >= 0.3 is 0 Å². The molecule has 3 fully saturated rings. The maximum absolute atomic E-state index is 12.0. The van der Waals surface area contributed by atoms with E-state index in [9.17, 15) is 29.9 Å². The number of allylic oxidation sites excluding steroid dienone is 1. The number of benzene rings is 2. The van der Waals surface area contributed by atoms with Crippen LogP contribution in [-0.2, 0) is 4.79 Å². The number of hydrogen-bond donors (Lipinski definition) is 4. The quantitative estimate of drug-likeness (QED) is 0.190. The lowest BCUT2D eigenvalue weighted by Crippen LogP contribution is -2.53. The highest BCUT2D eigenvalue weighted by Gasteiger charge is 2.62. The van der Waals surface area contributed by atoms with E-state index in [1.54, 1.807) is 6.92 Å². The van der Waals surface area contributed by atoms with Crippen molar-refractivity contribution in [2.75, 3.05) is 11.9 Å². The first-order chi connectivity index (χ1) is 21.6. The smallest absolute Gasteiger partial charge is 0.271 e. The number of phenols is 1. The average Bonchev–Trinajstić information content (AvgIpc) is 3.24. The molecule has 0 heterocycles. The number of phenolic OH excluding ortho intramolecular Hbond substituents is 1. The second-order valence-electron chi connectivity index (χ2n) is 13.6. The Morgan fingerprint density at radius 1 is 1.02 bits per heavy atom. The van der Waals surface area contributed by atoms with Crippen molar-refractivity contribution in [1.82, 2.24) is 0 Å². The molecule has 0 spiro atoms. The van der Waals surface area contributed by atoms with E-state index in [4.69, 9.17) is 28.3 Å². The summed E-state index contributed by atoms with van der Waals surface area (Å²) < 4.78 is 0. The molecule has 0 bridgehead atoms. The summed E-state index contributed by atoms with van der Waals surface area (Å²) in [5.41, 5.74) is 1.29. The highest BCUT2D eigenvalue weighted by Crippen LogP contribution is 2.67. The van der Waals surface area contributed by atoms with Crippen LogP contribution in [-0.4, -0.2) is 44.1 Å². The molecular formula is C35H44Cl2N2O7. The number of carbonyl (C=O) groups is 2. The van der Waals surface area contributed by atoms with Gasteiger partial charge in [-0.1, -0.05) is 42.6 Å². The van der Waals surface area contributed by atoms with Gasteiger partial charge in [0.05, 0.1) is 26.8 Å². The largest absolute Gasteiger partial charge is 0.507 e. The zero-order valence-corrected chi connectivity index (χ0v) is 28.3. The van der Waals surface area contributed by atoms with Crippen LogP contribution in [0.4, 0.5) is 11.4 Å². The summed E-state index contributed by atoms with van der Waals surface area (Å²) >= 11 is 11.6. The summed E-state index contributed by atoms with van der Waals surface area (Å²) in [5, 5.41) is 41.5. The predicted molar refractivity (Wildman–Crippen MR) is 179 cm³/mol. The fraction of sp³-hybridized carbons (Fsp3) is 0.543. The lowest BCUT2D eigenvalue weighted by molar-refractivity contribution is -0.384. The number of halogens is 2. The molecular weight excluding hydrogens is 631 g/mol. The molecule has 2 aromatic rings. The standard InChI is InChI=1S/C20H30O2.C13H8Cl2N2O4.C2H6O/c1-18-9-6-14(21)12-13(18)4-5-15-16(18)7-10-19(2)17(15)8-11-20(19,3)22;14-7-1-4-12(18)9(5-7)13(19)16-11-3-2-8(17(20)21)6-10(11)15;1-2-3/h12,15-17,22H,4-11H2,1-3H3;1-6,18H,(H,16,19);3H,2H2,1H3/t15-,16+,17+,18+,19+,20+;;/m1../s1. The Morgan fingerprint density at radius 2 is 1.70 bits per heavy atom. The summed E-state index contributed by atoms with van der Waals surface area (Å²) in [6.45, 7) is 8.78. The SMILES string of the molecule is CCO.C[C@]12CCC(=O)C=C1CC[C@@H]1[C@@H]2CC[C@@]2(C)[C@H]1CC[C@]2(C)O.O=C(Nc1ccc([N+](=O)[O-])cc1Cl)c1cc(Cl)ccc1O. The van der Waals surface area contributed by atoms with Crippen molar-refractivity contribution in [3.63, 3.8) is 0 Å². The van der Waals surface area contributed by atoms with Crippen LogP contribution < -0.4 is 5.32 Å². The molecule has 46 heavy (non-hydrogen) atoms. The Balaban J connectivity index is 0.000000193. The molecule has 6 rings (SSSR count). The number of nitro groups is 1. The van der Waals surface area contributed by atoms with Crippen molar-refractivity contribution in [3.8, 4) is 5.75 Å². The second-order valence-corrected chi connectivity index (χ2v) is 14.4. The minimum atomic E-state index is -0.634. The average molecular weight is 676 g/mol. The molecule has 1 amide bonds. The number of nitrogens with one attached hydrogen (secondary N) is 1. The van der Waals surface area contributed by atoms with Gasteiger partial charge in [-0.15, -0.1) is 0 Å². The number of rotatable bonds is 3. The number of nitrogens with zero attached hydrogens (tertiary/aromatic N) is 1. The number of hydrogen-bond acceptors (Lipinski definition) is 7. The number of fused-ring (bicyclic) bond motifs is 5. The zero-order chi connectivity index (χ0) is 34.0. The van der Waals surface area contributed by atoms with Crippen molar-refractivity contribution in [2.24, 2.45) is 28.6 Å². The molecule has 0 aliphatic heterocycles. The fourth-order valence-corrected chi connectivity index (χ4v) is 8.80. The molecule has 4 N–H and O–H groups in total. The number of aliphatic hydroxyl groups is 2. The summed E-state index contributed by atoms with van der Waals surface area (Å²) in [6.07, 6.45) is 10.7. The van der Waals surface area contributed by atoms with Gasteiger partial charge in [0.2, 0.25) is 0 Å². The van der Waals surface area contributed by atoms with Crippen molar-refractivity contribution in [1.29, 1.82) is 0 Å². The Bertz CT molecular complexity index is 1530. The zero-order valence-electron chi connectivity index (χ0n) is 26.8. The van der Waals surface area contributed by atoms with Crippen LogP contribution >= 0.6 is 23.2 Å². The third-order valence-electron chi connectivity index (χ3n) is 11.1. The maximum Gasteiger partial charge on any atom is 0.271 e. The van der Waals surface area contributed by atoms with Crippen molar-refractivity contribution >= 4 is 46.3 Å². The molecule has 4 aliphatic carbocycles. The predicted octanol–water partition coefficient (Wildman–Crippen LogP) is 8.13. The van der Waals surface area contributed by atoms with Gasteiger partial charge in [-0.2, -0.15) is 0 Å². The number of nitro benzene ring substituents is 1. The van der Waals surface area contributed by atoms with E-state index in [-0.39, 0.29) is 50.2 Å². The van der Waals surface area contributed by atoms with Crippen LogP contribution in [0.1, 0.15) is 89.4 Å². The highest BCUT2D eigenvalue weighted by atomic mass is 35.5. The molecule has 0 saturated heterocycles. The van der Waals surface area contributed by atoms with Crippen molar-refractivity contribution in [2.45, 2.75) is 84.7 Å². The molecule has 11 heteroatoms. The first kappa shape index (κ1) is 35.9. The Kier molecular flexibility index (Phi) is 10.9. The Labute approximate surface area is 280 Å². The van der Waals surface area contributed by atoms with Gasteiger partial charge in [0, 0.05) is 30.2 Å². The number of carbonyl (C=O) groups excluding carboxylic acids is 2. The third-order valence-corrected chi connectivity index (χ3v) is 11.7. The molecule has 4 aliphatic rings. The van der Waals surface area contributed by atoms with E-state index in [2.05, 4.69) is 26.1 Å². The minimum absolute atomic E-state index is 0.0130. The topological polar surface area (TPSA) is 150 Å². The summed E-state index contributed by atoms with van der Waals surface area (Å²) in [7, 11) is 0. The molecule has 0 radical (unpaired) electrons. The fourth-order valence-electron chi connectivity index (χ4n) is 8.40. The molecule has 0 aromatic heterocycles. The number of aliphatic hydroxyl groups excluding tert-OH is 1. The van der Waals surface area contributed by atoms with Crippen molar-refractivity contribution in [3.05, 3.63) is 73.8 Å². The van der Waals surface area contributed by atoms with Gasteiger partial charge in [0.15, 0.2) is 5.78 Å². The molecule has 0 unspecified atom stereocenters. The van der Waals surface area contributed by atoms with Crippen LogP contribution in [0.2, 0.25) is 10.0 Å². The first-order valence-corrected chi connectivity index (χ1v) is 16.6. The number of anilines is 1. The monoisotopic (exact) mass is 674 g/mol. The van der Waals surface area contributed by atoms with E-state index in [0.29, 0.717) is 11.7 Å². The van der Waals surface area contributed by atoms with E-state index in [0.717, 1.165) is 50.0 Å². The minimum Gasteiger partial charge on any atom is -0.507 e. The maximum atomic E-state index is 12.0. The van der Waals surface area contributed by atoms with Gasteiger partial charge in [-0.25, -0.2) is 0 Å². The van der Waals surface area contributed by atoms with Crippen LogP contribution in [0.15, 0.2) is 48.0 Å². The Morgan fingerprint density at radius 3 is 2.35 bits per heavy atom. The molecule has 2 aromatic carbocycles. The molecule has 9 nitrogen and oxygen atoms in total. The van der Waals surface area contributed by atoms with E-state index in [1.807, 2.05) is 6.08 Å². The Hall–Kier alpha value is -2.98. The van der Waals surface area contributed by atoms with Gasteiger partial charge in [0.25, 0.3) is 11.6 Å². The first-order valence-electron chi connectivity index (χ1n) is 15.9. The third kappa shape index (κ3) is 6.98. The van der Waals surface area contributed by atoms with Gasteiger partial charge in [-0.3, -0.25) is 19.7 Å². The van der Waals surface area contributed by atoms with E-state index >= 15 is 0 Å². The highest BCUT2D eigenvalue weighted by molar-refractivity contribution is 6.34. The lowest BCUT2D eigenvalue weighted by atomic mass is 9.46. The summed E-state index contributed by atoms with van der Waals surface area (Å²) in [5.74, 6) is 1.63. The number of non-ortho nitro benzene ring substituents is 1. The van der Waals surface area contributed by atoms with Gasteiger partial charge in [0.1, 0.15) is 5.75 Å². The van der Waals surface area contributed by atoms with Crippen LogP contribution in [0.25, 0.3) is 0 Å². The van der Waals surface area contributed by atoms with Gasteiger partial charge in [-0.05, 0) is 118 Å². The molecule has 6 atom stereocenters. The number of ketones is 1. The molecule has 250 valence electrons. The van der Waals surface area contributed by atoms with Crippen molar-refractivity contribution < 1.29 is 29.8 Å². The van der Waals surface area contributed by atoms with Crippen LogP contribution in [0, 0.1) is 38.7 Å². The summed E-state index contributed by atoms with van der Waals surface area (Å²) in [4.78, 5) is 33.9. The summed E-state index contributed by atoms with van der Waals surface area (Å²) in [6, 6.07) is 7.65. The van der Waals surface area contributed by atoms with E-state index in [1.165, 1.54) is 55.2 Å². The normalized spacial score (nSPS) is 31.0. The number of amides is 1.